The molecule has 1 aromatic carbocycles. The summed E-state index contributed by atoms with van der Waals surface area (Å²) in [4.78, 5) is 8.96. The second-order valence-corrected chi connectivity index (χ2v) is 4.87. The molecule has 0 spiro atoms. The van der Waals surface area contributed by atoms with Crippen LogP contribution in [0.5, 0.6) is 11.5 Å². The van der Waals surface area contributed by atoms with E-state index in [-0.39, 0.29) is 12.7 Å². The van der Waals surface area contributed by atoms with E-state index in [0.717, 1.165) is 17.0 Å². The fourth-order valence-electron chi connectivity index (χ4n) is 2.00. The summed E-state index contributed by atoms with van der Waals surface area (Å²) < 4.78 is 10.7. The number of nitrogen functional groups attached to an aromatic ring is 1. The number of nitrogens with one attached hydrogen (secondary N) is 1. The fourth-order valence-corrected chi connectivity index (χ4v) is 2.00. The third-order valence-corrected chi connectivity index (χ3v) is 3.12. The van der Waals surface area contributed by atoms with Crippen LogP contribution in [0.25, 0.3) is 11.4 Å². The minimum Gasteiger partial charge on any atom is -0.454 e. The largest absolute Gasteiger partial charge is 0.454 e. The molecule has 3 rings (SSSR count). The van der Waals surface area contributed by atoms with Gasteiger partial charge in [0.25, 0.3) is 0 Å². The van der Waals surface area contributed by atoms with E-state index < -0.39 is 0 Å². The quantitative estimate of drug-likeness (QED) is 0.659. The third-order valence-electron chi connectivity index (χ3n) is 3.12. The minimum atomic E-state index is 0.251. The molecule has 1 aromatic heterocycles. The molecule has 6 heteroatoms. The number of nitrogens with two attached hydrogens (primary N) is 1. The second-order valence-electron chi connectivity index (χ2n) is 4.87. The molecule has 6 nitrogen and oxygen atoms in total. The average Bonchev–Trinajstić information content (AvgIpc) is 2.94. The van der Waals surface area contributed by atoms with Crippen molar-refractivity contribution < 1.29 is 9.47 Å². The van der Waals surface area contributed by atoms with Crippen LogP contribution in [0.4, 0.5) is 5.82 Å². The molecule has 0 atom stereocenters. The van der Waals surface area contributed by atoms with Gasteiger partial charge in [0.15, 0.2) is 17.3 Å². The molecule has 0 amide bonds. The van der Waals surface area contributed by atoms with E-state index in [0.29, 0.717) is 17.4 Å². The first-order chi connectivity index (χ1) is 9.67. The van der Waals surface area contributed by atoms with Crippen LogP contribution in [0.2, 0.25) is 0 Å². The van der Waals surface area contributed by atoms with E-state index in [4.69, 9.17) is 15.3 Å². The zero-order valence-electron chi connectivity index (χ0n) is 11.4. The molecule has 2 heterocycles. The SMILES string of the molecule is CC(C)c1cc(NN)nc(-c2ccc3c(c2)OCO3)n1. The number of nitrogens with zero attached hydrogens (tertiary/aromatic N) is 2. The number of hydrogen-bond donors (Lipinski definition) is 2. The molecular formula is C14H16N4O2. The highest BCUT2D eigenvalue weighted by molar-refractivity contribution is 5.63. The van der Waals surface area contributed by atoms with Gasteiger partial charge in [-0.2, -0.15) is 0 Å². The van der Waals surface area contributed by atoms with Gasteiger partial charge in [-0.15, -0.1) is 0 Å². The molecule has 0 bridgehead atoms. The van der Waals surface area contributed by atoms with Crippen LogP contribution >= 0.6 is 0 Å². The molecule has 0 fully saturated rings. The van der Waals surface area contributed by atoms with Gasteiger partial charge in [0.05, 0.1) is 0 Å². The molecule has 104 valence electrons. The Labute approximate surface area is 116 Å². The second kappa shape index (κ2) is 4.97. The summed E-state index contributed by atoms with van der Waals surface area (Å²) in [6.45, 7) is 4.40. The van der Waals surface area contributed by atoms with E-state index in [2.05, 4.69) is 29.2 Å². The predicted octanol–water partition coefficient (Wildman–Crippen LogP) is 2.28. The molecule has 2 aromatic rings. The van der Waals surface area contributed by atoms with Crippen molar-refractivity contribution in [2.75, 3.05) is 12.2 Å². The molecule has 0 radical (unpaired) electrons. The molecule has 0 unspecified atom stereocenters. The number of hydrazine groups is 1. The number of anilines is 1. The standard InChI is InChI=1S/C14H16N4O2/c1-8(2)10-6-13(18-15)17-14(16-10)9-3-4-11-12(5-9)20-7-19-11/h3-6,8H,7,15H2,1-2H3,(H,16,17,18). The van der Waals surface area contributed by atoms with Crippen LogP contribution in [-0.2, 0) is 0 Å². The maximum atomic E-state index is 5.47. The van der Waals surface area contributed by atoms with Crippen LogP contribution in [-0.4, -0.2) is 16.8 Å². The Morgan fingerprint density at radius 1 is 1.15 bits per heavy atom. The number of hydrogen-bond acceptors (Lipinski definition) is 6. The third kappa shape index (κ3) is 2.25. The van der Waals surface area contributed by atoms with Crippen molar-refractivity contribution in [2.24, 2.45) is 5.84 Å². The van der Waals surface area contributed by atoms with E-state index >= 15 is 0 Å². The highest BCUT2D eigenvalue weighted by atomic mass is 16.7. The lowest BCUT2D eigenvalue weighted by Crippen LogP contribution is -2.11. The Morgan fingerprint density at radius 2 is 1.95 bits per heavy atom. The number of fused-ring (bicyclic) bond motifs is 1. The summed E-state index contributed by atoms with van der Waals surface area (Å²) in [5.41, 5.74) is 4.38. The molecule has 0 saturated carbocycles. The van der Waals surface area contributed by atoms with Crippen LogP contribution in [0.3, 0.4) is 0 Å². The Balaban J connectivity index is 2.07. The molecule has 1 aliphatic rings. The average molecular weight is 272 g/mol. The number of aromatic nitrogens is 2. The van der Waals surface area contributed by atoms with Crippen LogP contribution < -0.4 is 20.7 Å². The summed E-state index contributed by atoms with van der Waals surface area (Å²) in [6, 6.07) is 7.50. The van der Waals surface area contributed by atoms with Crippen molar-refractivity contribution in [3.63, 3.8) is 0 Å². The summed E-state index contributed by atoms with van der Waals surface area (Å²) in [7, 11) is 0. The van der Waals surface area contributed by atoms with Gasteiger partial charge < -0.3 is 14.9 Å². The molecule has 0 saturated heterocycles. The van der Waals surface area contributed by atoms with Crippen molar-refractivity contribution in [1.82, 2.24) is 9.97 Å². The van der Waals surface area contributed by atoms with E-state index in [9.17, 15) is 0 Å². The fraction of sp³-hybridized carbons (Fsp3) is 0.286. The summed E-state index contributed by atoms with van der Waals surface area (Å²) in [5.74, 6) is 8.42. The van der Waals surface area contributed by atoms with Gasteiger partial charge in [0, 0.05) is 17.3 Å². The smallest absolute Gasteiger partial charge is 0.231 e. The Hall–Kier alpha value is -2.34. The van der Waals surface area contributed by atoms with Gasteiger partial charge in [0.1, 0.15) is 5.82 Å². The first kappa shape index (κ1) is 12.7. The first-order valence-corrected chi connectivity index (χ1v) is 6.43. The zero-order valence-corrected chi connectivity index (χ0v) is 11.4. The number of ether oxygens (including phenoxy) is 2. The topological polar surface area (TPSA) is 82.3 Å². The Kier molecular flexibility index (Phi) is 3.15. The van der Waals surface area contributed by atoms with Crippen LogP contribution in [0.1, 0.15) is 25.5 Å². The maximum Gasteiger partial charge on any atom is 0.231 e. The van der Waals surface area contributed by atoms with Gasteiger partial charge in [0.2, 0.25) is 6.79 Å². The van der Waals surface area contributed by atoms with Crippen LogP contribution in [0.15, 0.2) is 24.3 Å². The Bertz CT molecular complexity index is 643. The number of benzene rings is 1. The summed E-state index contributed by atoms with van der Waals surface area (Å²) in [6.07, 6.45) is 0. The van der Waals surface area contributed by atoms with Crippen molar-refractivity contribution in [3.05, 3.63) is 30.0 Å². The first-order valence-electron chi connectivity index (χ1n) is 6.43. The molecule has 3 N–H and O–H groups in total. The highest BCUT2D eigenvalue weighted by Crippen LogP contribution is 2.35. The maximum absolute atomic E-state index is 5.47. The lowest BCUT2D eigenvalue weighted by molar-refractivity contribution is 0.174. The molecular weight excluding hydrogens is 256 g/mol. The molecule has 20 heavy (non-hydrogen) atoms. The monoisotopic (exact) mass is 272 g/mol. The van der Waals surface area contributed by atoms with E-state index in [1.54, 1.807) is 0 Å². The van der Waals surface area contributed by atoms with Gasteiger partial charge in [-0.25, -0.2) is 15.8 Å². The summed E-state index contributed by atoms with van der Waals surface area (Å²) >= 11 is 0. The van der Waals surface area contributed by atoms with E-state index in [1.165, 1.54) is 0 Å². The van der Waals surface area contributed by atoms with Crippen molar-refractivity contribution in [1.29, 1.82) is 0 Å². The minimum absolute atomic E-state index is 0.251. The van der Waals surface area contributed by atoms with Crippen molar-refractivity contribution in [2.45, 2.75) is 19.8 Å². The lowest BCUT2D eigenvalue weighted by atomic mass is 10.1. The zero-order chi connectivity index (χ0) is 14.1. The molecule has 1 aliphatic heterocycles. The summed E-state index contributed by atoms with van der Waals surface area (Å²) in [5, 5.41) is 0. The van der Waals surface area contributed by atoms with Crippen molar-refractivity contribution >= 4 is 5.82 Å². The predicted molar refractivity (Wildman–Crippen MR) is 75.5 cm³/mol. The van der Waals surface area contributed by atoms with Gasteiger partial charge in [-0.1, -0.05) is 13.8 Å². The van der Waals surface area contributed by atoms with Gasteiger partial charge >= 0.3 is 0 Å². The van der Waals surface area contributed by atoms with Gasteiger partial charge in [-0.05, 0) is 24.1 Å². The van der Waals surface area contributed by atoms with Gasteiger partial charge in [-0.3, -0.25) is 0 Å². The van der Waals surface area contributed by atoms with Crippen molar-refractivity contribution in [3.8, 4) is 22.9 Å². The normalized spacial score (nSPS) is 12.8. The van der Waals surface area contributed by atoms with Crippen LogP contribution in [0, 0.1) is 0 Å². The Morgan fingerprint density at radius 3 is 2.70 bits per heavy atom. The highest BCUT2D eigenvalue weighted by Gasteiger charge is 2.16. The lowest BCUT2D eigenvalue weighted by Gasteiger charge is -2.10. The number of rotatable bonds is 3. The van der Waals surface area contributed by atoms with E-state index in [1.807, 2.05) is 24.3 Å². The molecule has 0 aliphatic carbocycles.